The maximum absolute atomic E-state index is 12.5. The van der Waals surface area contributed by atoms with Crippen molar-refractivity contribution in [3.8, 4) is 0 Å². The average Bonchev–Trinajstić information content (AvgIpc) is 3.39. The van der Waals surface area contributed by atoms with Gasteiger partial charge in [0.05, 0.1) is 6.54 Å². The van der Waals surface area contributed by atoms with Crippen LogP contribution in [-0.4, -0.2) is 47.9 Å². The molecule has 1 aromatic carbocycles. The molecular weight excluding hydrogens is 272 g/mol. The van der Waals surface area contributed by atoms with Crippen molar-refractivity contribution in [1.82, 2.24) is 9.80 Å². The molecule has 3 nitrogen and oxygen atoms in total. The number of carbonyl (C=O) groups excluding carboxylic acids is 1. The molecule has 2 fully saturated rings. The first-order valence-corrected chi connectivity index (χ1v) is 8.70. The zero-order valence-corrected chi connectivity index (χ0v) is 13.9. The van der Waals surface area contributed by atoms with Crippen LogP contribution in [0.25, 0.3) is 0 Å². The van der Waals surface area contributed by atoms with Crippen LogP contribution in [0.3, 0.4) is 0 Å². The molecule has 0 unspecified atom stereocenters. The molecule has 1 aromatic rings. The zero-order valence-electron chi connectivity index (χ0n) is 13.9. The maximum Gasteiger partial charge on any atom is 0.236 e. The van der Waals surface area contributed by atoms with Gasteiger partial charge in [0, 0.05) is 19.1 Å². The van der Waals surface area contributed by atoms with Gasteiger partial charge in [-0.3, -0.25) is 9.69 Å². The summed E-state index contributed by atoms with van der Waals surface area (Å²) in [6.07, 6.45) is 4.68. The molecule has 1 heterocycles. The molecule has 0 radical (unpaired) electrons. The van der Waals surface area contributed by atoms with Gasteiger partial charge in [0.25, 0.3) is 0 Å². The number of hydrogen-bond acceptors (Lipinski definition) is 2. The van der Waals surface area contributed by atoms with Gasteiger partial charge in [-0.15, -0.1) is 0 Å². The molecule has 3 rings (SSSR count). The maximum atomic E-state index is 12.5. The van der Waals surface area contributed by atoms with E-state index in [1.54, 1.807) is 0 Å². The highest BCUT2D eigenvalue weighted by molar-refractivity contribution is 5.78. The lowest BCUT2D eigenvalue weighted by Crippen LogP contribution is -2.47. The van der Waals surface area contributed by atoms with Crippen molar-refractivity contribution in [2.24, 2.45) is 0 Å². The number of hydrogen-bond donors (Lipinski definition) is 0. The summed E-state index contributed by atoms with van der Waals surface area (Å²) in [7, 11) is 0. The Morgan fingerprint density at radius 3 is 2.41 bits per heavy atom. The minimum atomic E-state index is 0.221. The van der Waals surface area contributed by atoms with Crippen molar-refractivity contribution in [2.45, 2.75) is 51.0 Å². The standard InChI is InChI=1S/C19H28N2O/c1-3-20(17-9-10-17)15-18(22)21-13-11-19(2,12-14-21)16-7-5-4-6-8-16/h4-8,17H,3,9-15H2,1-2H3. The minimum Gasteiger partial charge on any atom is -0.342 e. The Balaban J connectivity index is 1.56. The number of rotatable bonds is 5. The van der Waals surface area contributed by atoms with Crippen molar-refractivity contribution in [2.75, 3.05) is 26.2 Å². The predicted molar refractivity (Wildman–Crippen MR) is 89.9 cm³/mol. The van der Waals surface area contributed by atoms with Crippen molar-refractivity contribution in [3.63, 3.8) is 0 Å². The van der Waals surface area contributed by atoms with Gasteiger partial charge in [-0.2, -0.15) is 0 Å². The fraction of sp³-hybridized carbons (Fsp3) is 0.632. The van der Waals surface area contributed by atoms with Gasteiger partial charge in [0.1, 0.15) is 0 Å². The van der Waals surface area contributed by atoms with Gasteiger partial charge in [-0.1, -0.05) is 44.2 Å². The van der Waals surface area contributed by atoms with Crippen LogP contribution < -0.4 is 0 Å². The van der Waals surface area contributed by atoms with E-state index in [4.69, 9.17) is 0 Å². The Kier molecular flexibility index (Phi) is 4.53. The van der Waals surface area contributed by atoms with E-state index in [1.165, 1.54) is 18.4 Å². The molecule has 1 amide bonds. The Morgan fingerprint density at radius 2 is 1.86 bits per heavy atom. The molecule has 1 saturated heterocycles. The van der Waals surface area contributed by atoms with E-state index in [1.807, 2.05) is 0 Å². The van der Waals surface area contributed by atoms with Gasteiger partial charge in [0.15, 0.2) is 0 Å². The lowest BCUT2D eigenvalue weighted by Gasteiger charge is -2.40. The third-order valence-electron chi connectivity index (χ3n) is 5.50. The van der Waals surface area contributed by atoms with Crippen LogP contribution >= 0.6 is 0 Å². The highest BCUT2D eigenvalue weighted by atomic mass is 16.2. The summed E-state index contributed by atoms with van der Waals surface area (Å²) in [4.78, 5) is 17.0. The van der Waals surface area contributed by atoms with Gasteiger partial charge in [0.2, 0.25) is 5.91 Å². The van der Waals surface area contributed by atoms with E-state index in [-0.39, 0.29) is 5.41 Å². The number of likely N-dealkylation sites (N-methyl/N-ethyl adjacent to an activating group) is 1. The van der Waals surface area contributed by atoms with Crippen LogP contribution in [0.2, 0.25) is 0 Å². The van der Waals surface area contributed by atoms with Gasteiger partial charge < -0.3 is 4.90 Å². The molecule has 0 bridgehead atoms. The summed E-state index contributed by atoms with van der Waals surface area (Å²) >= 11 is 0. The number of piperidine rings is 1. The molecular formula is C19H28N2O. The Hall–Kier alpha value is -1.35. The zero-order chi connectivity index (χ0) is 15.6. The van der Waals surface area contributed by atoms with E-state index >= 15 is 0 Å². The monoisotopic (exact) mass is 300 g/mol. The van der Waals surface area contributed by atoms with Gasteiger partial charge in [-0.05, 0) is 43.2 Å². The van der Waals surface area contributed by atoms with Crippen molar-refractivity contribution >= 4 is 5.91 Å². The van der Waals surface area contributed by atoms with Crippen LogP contribution in [-0.2, 0) is 10.2 Å². The Morgan fingerprint density at radius 1 is 1.23 bits per heavy atom. The van der Waals surface area contributed by atoms with Gasteiger partial charge in [-0.25, -0.2) is 0 Å². The summed E-state index contributed by atoms with van der Waals surface area (Å²) in [5.74, 6) is 0.323. The van der Waals surface area contributed by atoms with Gasteiger partial charge >= 0.3 is 0 Å². The van der Waals surface area contributed by atoms with Crippen LogP contribution in [0.15, 0.2) is 30.3 Å². The molecule has 1 saturated carbocycles. The van der Waals surface area contributed by atoms with Crippen LogP contribution in [0, 0.1) is 0 Å². The van der Waals surface area contributed by atoms with Crippen molar-refractivity contribution in [3.05, 3.63) is 35.9 Å². The first-order chi connectivity index (χ1) is 10.6. The molecule has 0 spiro atoms. The molecule has 0 N–H and O–H groups in total. The SMILES string of the molecule is CCN(CC(=O)N1CCC(C)(c2ccccc2)CC1)C1CC1. The first-order valence-electron chi connectivity index (χ1n) is 8.70. The molecule has 22 heavy (non-hydrogen) atoms. The van der Waals surface area contributed by atoms with Crippen molar-refractivity contribution in [1.29, 1.82) is 0 Å². The fourth-order valence-corrected chi connectivity index (χ4v) is 3.59. The highest BCUT2D eigenvalue weighted by Gasteiger charge is 2.35. The molecule has 1 aliphatic heterocycles. The van der Waals surface area contributed by atoms with Crippen LogP contribution in [0.1, 0.15) is 45.1 Å². The Bertz CT molecular complexity index is 501. The minimum absolute atomic E-state index is 0.221. The van der Waals surface area contributed by atoms with E-state index in [2.05, 4.69) is 54.0 Å². The number of amides is 1. The molecule has 2 aliphatic rings. The molecule has 3 heteroatoms. The second-order valence-corrected chi connectivity index (χ2v) is 7.10. The average molecular weight is 300 g/mol. The van der Waals surface area contributed by atoms with E-state index in [9.17, 15) is 4.79 Å². The third-order valence-corrected chi connectivity index (χ3v) is 5.50. The van der Waals surface area contributed by atoms with E-state index < -0.39 is 0 Å². The van der Waals surface area contributed by atoms with Crippen molar-refractivity contribution < 1.29 is 4.79 Å². The first kappa shape index (κ1) is 15.5. The predicted octanol–water partition coefficient (Wildman–Crippen LogP) is 3.05. The Labute approximate surface area is 134 Å². The number of benzene rings is 1. The molecule has 0 atom stereocenters. The number of carbonyl (C=O) groups is 1. The topological polar surface area (TPSA) is 23.6 Å². The summed E-state index contributed by atoms with van der Waals surface area (Å²) in [6.45, 7) is 7.90. The second-order valence-electron chi connectivity index (χ2n) is 7.10. The third kappa shape index (κ3) is 3.35. The highest BCUT2D eigenvalue weighted by Crippen LogP contribution is 2.35. The largest absolute Gasteiger partial charge is 0.342 e. The summed E-state index contributed by atoms with van der Waals surface area (Å²) in [5.41, 5.74) is 1.63. The lowest BCUT2D eigenvalue weighted by molar-refractivity contribution is -0.134. The lowest BCUT2D eigenvalue weighted by atomic mass is 9.74. The van der Waals surface area contributed by atoms with Crippen LogP contribution in [0.5, 0.6) is 0 Å². The summed E-state index contributed by atoms with van der Waals surface area (Å²) in [5, 5.41) is 0. The van der Waals surface area contributed by atoms with E-state index in [0.717, 1.165) is 32.5 Å². The molecule has 1 aliphatic carbocycles. The summed E-state index contributed by atoms with van der Waals surface area (Å²) < 4.78 is 0. The number of likely N-dealkylation sites (tertiary alicyclic amines) is 1. The second kappa shape index (κ2) is 6.41. The fourth-order valence-electron chi connectivity index (χ4n) is 3.59. The number of nitrogens with zero attached hydrogens (tertiary/aromatic N) is 2. The van der Waals surface area contributed by atoms with Crippen LogP contribution in [0.4, 0.5) is 0 Å². The normalized spacial score (nSPS) is 21.1. The summed E-state index contributed by atoms with van der Waals surface area (Å²) in [6, 6.07) is 11.4. The molecule has 120 valence electrons. The smallest absolute Gasteiger partial charge is 0.236 e. The molecule has 0 aromatic heterocycles. The van der Waals surface area contributed by atoms with E-state index in [0.29, 0.717) is 18.5 Å². The quantitative estimate of drug-likeness (QED) is 0.834.